The average molecular weight is 298 g/mol. The van der Waals surface area contributed by atoms with Crippen LogP contribution >= 0.6 is 15.9 Å². The largest absolute Gasteiger partial charge is 0.337 e. The van der Waals surface area contributed by atoms with E-state index in [9.17, 15) is 4.79 Å². The molecule has 90 valence electrons. The highest BCUT2D eigenvalue weighted by molar-refractivity contribution is 9.10. The lowest BCUT2D eigenvalue weighted by atomic mass is 10.3. The Hall–Kier alpha value is -1.43. The summed E-state index contributed by atoms with van der Waals surface area (Å²) in [5, 5.41) is 3.79. The first-order chi connectivity index (χ1) is 8.10. The fourth-order valence-corrected chi connectivity index (χ4v) is 2.09. The van der Waals surface area contributed by atoms with Crippen molar-refractivity contribution in [2.75, 3.05) is 0 Å². The van der Waals surface area contributed by atoms with Gasteiger partial charge in [-0.3, -0.25) is 4.79 Å². The Labute approximate surface area is 107 Å². The SMILES string of the molecule is CCc1noc(Cn2cc(Br)cc(C)c2=O)n1. The average Bonchev–Trinajstić information content (AvgIpc) is 2.73. The molecule has 0 saturated carbocycles. The minimum absolute atomic E-state index is 0.0514. The van der Waals surface area contributed by atoms with Gasteiger partial charge in [-0.2, -0.15) is 4.98 Å². The van der Waals surface area contributed by atoms with Crippen LogP contribution in [0, 0.1) is 6.92 Å². The first kappa shape index (κ1) is 12.0. The molecule has 17 heavy (non-hydrogen) atoms. The molecule has 0 amide bonds. The standard InChI is InChI=1S/C11H12BrN3O2/c1-3-9-13-10(17-14-9)6-15-5-8(12)4-7(2)11(15)16/h4-5H,3,6H2,1-2H3. The summed E-state index contributed by atoms with van der Waals surface area (Å²) in [4.78, 5) is 16.0. The van der Waals surface area contributed by atoms with E-state index in [1.54, 1.807) is 23.8 Å². The Morgan fingerprint density at radius 2 is 2.29 bits per heavy atom. The Morgan fingerprint density at radius 3 is 2.94 bits per heavy atom. The summed E-state index contributed by atoms with van der Waals surface area (Å²) in [6, 6.07) is 1.78. The molecule has 0 aliphatic heterocycles. The second-order valence-corrected chi connectivity index (χ2v) is 4.65. The summed E-state index contributed by atoms with van der Waals surface area (Å²) in [6.07, 6.45) is 2.43. The van der Waals surface area contributed by atoms with Gasteiger partial charge in [-0.25, -0.2) is 0 Å². The predicted molar refractivity (Wildman–Crippen MR) is 65.9 cm³/mol. The molecule has 0 N–H and O–H groups in total. The third kappa shape index (κ3) is 2.63. The van der Waals surface area contributed by atoms with Gasteiger partial charge in [0.25, 0.3) is 5.56 Å². The van der Waals surface area contributed by atoms with Crippen LogP contribution < -0.4 is 5.56 Å². The Bertz CT molecular complexity index is 589. The van der Waals surface area contributed by atoms with Crippen LogP contribution in [-0.4, -0.2) is 14.7 Å². The van der Waals surface area contributed by atoms with Gasteiger partial charge in [0.2, 0.25) is 5.89 Å². The predicted octanol–water partition coefficient (Wildman–Crippen LogP) is 1.91. The molecule has 0 spiro atoms. The lowest BCUT2D eigenvalue weighted by molar-refractivity contribution is 0.365. The first-order valence-corrected chi connectivity index (χ1v) is 6.07. The maximum atomic E-state index is 11.9. The third-order valence-electron chi connectivity index (χ3n) is 2.36. The summed E-state index contributed by atoms with van der Waals surface area (Å²) in [5.41, 5.74) is 0.624. The van der Waals surface area contributed by atoms with Crippen LogP contribution in [0.4, 0.5) is 0 Å². The lowest BCUT2D eigenvalue weighted by Crippen LogP contribution is -2.22. The summed E-state index contributed by atoms with van der Waals surface area (Å²) in [5.74, 6) is 1.10. The molecule has 2 aromatic heterocycles. The van der Waals surface area contributed by atoms with E-state index in [0.29, 0.717) is 23.8 Å². The molecule has 0 fully saturated rings. The number of rotatable bonds is 3. The molecule has 2 rings (SSSR count). The fraction of sp³-hybridized carbons (Fsp3) is 0.364. The molecule has 0 aromatic carbocycles. The zero-order chi connectivity index (χ0) is 12.4. The number of hydrogen-bond acceptors (Lipinski definition) is 4. The van der Waals surface area contributed by atoms with Crippen LogP contribution in [0.5, 0.6) is 0 Å². The van der Waals surface area contributed by atoms with E-state index in [0.717, 1.165) is 10.9 Å². The van der Waals surface area contributed by atoms with E-state index in [4.69, 9.17) is 4.52 Å². The molecule has 2 aromatic rings. The number of nitrogens with zero attached hydrogens (tertiary/aromatic N) is 3. The normalized spacial score (nSPS) is 10.8. The van der Waals surface area contributed by atoms with Crippen molar-refractivity contribution in [2.24, 2.45) is 0 Å². The van der Waals surface area contributed by atoms with Crippen LogP contribution in [0.2, 0.25) is 0 Å². The minimum Gasteiger partial charge on any atom is -0.337 e. The van der Waals surface area contributed by atoms with Crippen LogP contribution in [0.3, 0.4) is 0 Å². The van der Waals surface area contributed by atoms with Crippen molar-refractivity contribution in [3.63, 3.8) is 0 Å². The molecule has 0 bridgehead atoms. The van der Waals surface area contributed by atoms with Crippen LogP contribution in [0.15, 0.2) is 26.1 Å². The van der Waals surface area contributed by atoms with Gasteiger partial charge < -0.3 is 9.09 Å². The van der Waals surface area contributed by atoms with Crippen molar-refractivity contribution in [1.82, 2.24) is 14.7 Å². The second kappa shape index (κ2) is 4.83. The van der Waals surface area contributed by atoms with Gasteiger partial charge in [-0.15, -0.1) is 0 Å². The van der Waals surface area contributed by atoms with Gasteiger partial charge in [0.05, 0.1) is 0 Å². The molecule has 0 aliphatic carbocycles. The topological polar surface area (TPSA) is 60.9 Å². The van der Waals surface area contributed by atoms with E-state index in [2.05, 4.69) is 26.1 Å². The first-order valence-electron chi connectivity index (χ1n) is 5.28. The van der Waals surface area contributed by atoms with Gasteiger partial charge in [0.15, 0.2) is 5.82 Å². The molecule has 0 radical (unpaired) electrons. The number of aromatic nitrogens is 3. The van der Waals surface area contributed by atoms with Crippen LogP contribution in [0.1, 0.15) is 24.2 Å². The molecular weight excluding hydrogens is 286 g/mol. The van der Waals surface area contributed by atoms with Gasteiger partial charge in [-0.1, -0.05) is 12.1 Å². The molecule has 0 unspecified atom stereocenters. The van der Waals surface area contributed by atoms with E-state index < -0.39 is 0 Å². The summed E-state index contributed by atoms with van der Waals surface area (Å²) >= 11 is 3.35. The van der Waals surface area contributed by atoms with E-state index in [-0.39, 0.29) is 5.56 Å². The van der Waals surface area contributed by atoms with Crippen molar-refractivity contribution < 1.29 is 4.52 Å². The fourth-order valence-electron chi connectivity index (χ4n) is 1.50. The summed E-state index contributed by atoms with van der Waals surface area (Å²) in [6.45, 7) is 4.02. The molecule has 5 nitrogen and oxygen atoms in total. The Balaban J connectivity index is 2.32. The Kier molecular flexibility index (Phi) is 3.42. The highest BCUT2D eigenvalue weighted by Crippen LogP contribution is 2.09. The molecule has 2 heterocycles. The van der Waals surface area contributed by atoms with Gasteiger partial charge in [0, 0.05) is 22.7 Å². The second-order valence-electron chi connectivity index (χ2n) is 3.73. The lowest BCUT2D eigenvalue weighted by Gasteiger charge is -2.04. The van der Waals surface area contributed by atoms with Crippen molar-refractivity contribution in [1.29, 1.82) is 0 Å². The van der Waals surface area contributed by atoms with Crippen molar-refractivity contribution in [3.8, 4) is 0 Å². The van der Waals surface area contributed by atoms with Crippen LogP contribution in [-0.2, 0) is 13.0 Å². The molecule has 0 aliphatic rings. The number of halogens is 1. The number of pyridine rings is 1. The van der Waals surface area contributed by atoms with E-state index in [1.807, 2.05) is 6.92 Å². The van der Waals surface area contributed by atoms with Crippen molar-refractivity contribution in [3.05, 3.63) is 44.4 Å². The maximum Gasteiger partial charge on any atom is 0.253 e. The monoisotopic (exact) mass is 297 g/mol. The number of aryl methyl sites for hydroxylation is 2. The van der Waals surface area contributed by atoms with E-state index >= 15 is 0 Å². The van der Waals surface area contributed by atoms with Crippen molar-refractivity contribution in [2.45, 2.75) is 26.8 Å². The number of hydrogen-bond donors (Lipinski definition) is 0. The molecule has 0 atom stereocenters. The quantitative estimate of drug-likeness (QED) is 0.868. The van der Waals surface area contributed by atoms with Crippen LogP contribution in [0.25, 0.3) is 0 Å². The summed E-state index contributed by atoms with van der Waals surface area (Å²) in [7, 11) is 0. The zero-order valence-corrected chi connectivity index (χ0v) is 11.2. The smallest absolute Gasteiger partial charge is 0.253 e. The zero-order valence-electron chi connectivity index (χ0n) is 9.61. The van der Waals surface area contributed by atoms with E-state index in [1.165, 1.54) is 0 Å². The molecule has 6 heteroatoms. The maximum absolute atomic E-state index is 11.9. The van der Waals surface area contributed by atoms with Gasteiger partial charge >= 0.3 is 0 Å². The third-order valence-corrected chi connectivity index (χ3v) is 2.80. The minimum atomic E-state index is -0.0514. The van der Waals surface area contributed by atoms with Crippen molar-refractivity contribution >= 4 is 15.9 Å². The van der Waals surface area contributed by atoms with Gasteiger partial charge in [0.1, 0.15) is 6.54 Å². The Morgan fingerprint density at radius 1 is 1.53 bits per heavy atom. The highest BCUT2D eigenvalue weighted by atomic mass is 79.9. The highest BCUT2D eigenvalue weighted by Gasteiger charge is 2.08. The molecule has 0 saturated heterocycles. The molecular formula is C11H12BrN3O2. The summed E-state index contributed by atoms with van der Waals surface area (Å²) < 4.78 is 7.46. The van der Waals surface area contributed by atoms with Gasteiger partial charge in [-0.05, 0) is 28.9 Å².